The second-order valence-electron chi connectivity index (χ2n) is 4.98. The van der Waals surface area contributed by atoms with Gasteiger partial charge in [-0.05, 0) is 37.9 Å². The molecule has 0 spiro atoms. The van der Waals surface area contributed by atoms with Crippen LogP contribution in [0.25, 0.3) is 0 Å². The van der Waals surface area contributed by atoms with Crippen molar-refractivity contribution in [1.29, 1.82) is 0 Å². The first kappa shape index (κ1) is 12.6. The third kappa shape index (κ3) is 3.83. The van der Waals surface area contributed by atoms with Gasteiger partial charge < -0.3 is 5.11 Å². The van der Waals surface area contributed by atoms with Crippen molar-refractivity contribution in [1.82, 2.24) is 4.90 Å². The van der Waals surface area contributed by atoms with Crippen molar-refractivity contribution in [3.63, 3.8) is 0 Å². The molecule has 1 aliphatic heterocycles. The summed E-state index contributed by atoms with van der Waals surface area (Å²) in [4.78, 5) is 2.47. The summed E-state index contributed by atoms with van der Waals surface area (Å²) in [6.07, 6.45) is 6.23. The van der Waals surface area contributed by atoms with Crippen molar-refractivity contribution in [2.45, 2.75) is 38.1 Å². The lowest BCUT2D eigenvalue weighted by molar-refractivity contribution is 0.126. The van der Waals surface area contributed by atoms with E-state index in [1.54, 1.807) is 0 Å². The van der Waals surface area contributed by atoms with Crippen LogP contribution in [-0.2, 0) is 6.42 Å². The smallest absolute Gasteiger partial charge is 0.0590 e. The second kappa shape index (κ2) is 6.77. The Kier molecular flexibility index (Phi) is 5.02. The maximum Gasteiger partial charge on any atom is 0.0590 e. The molecule has 1 aliphatic rings. The number of likely N-dealkylation sites (tertiary alicyclic amines) is 1. The summed E-state index contributed by atoms with van der Waals surface area (Å²) in [5, 5.41) is 9.59. The third-order valence-corrected chi connectivity index (χ3v) is 3.68. The van der Waals surface area contributed by atoms with Gasteiger partial charge in [-0.15, -0.1) is 0 Å². The highest BCUT2D eigenvalue weighted by molar-refractivity contribution is 5.16. The number of aliphatic hydroxyl groups is 1. The molecule has 17 heavy (non-hydrogen) atoms. The van der Waals surface area contributed by atoms with E-state index in [1.807, 2.05) is 6.07 Å². The molecule has 0 aromatic heterocycles. The zero-order valence-corrected chi connectivity index (χ0v) is 10.5. The monoisotopic (exact) mass is 233 g/mol. The van der Waals surface area contributed by atoms with Crippen molar-refractivity contribution in [2.75, 3.05) is 19.7 Å². The summed E-state index contributed by atoms with van der Waals surface area (Å²) in [6, 6.07) is 10.8. The summed E-state index contributed by atoms with van der Waals surface area (Å²) in [5.41, 5.74) is 1.33. The topological polar surface area (TPSA) is 23.5 Å². The predicted octanol–water partition coefficient (Wildman–Crippen LogP) is 2.47. The first-order chi connectivity index (χ1) is 8.40. The molecular formula is C15H23NO. The van der Waals surface area contributed by atoms with E-state index < -0.39 is 0 Å². The first-order valence-electron chi connectivity index (χ1n) is 6.79. The number of aliphatic hydroxyl groups excluding tert-OH is 1. The molecule has 0 saturated carbocycles. The lowest BCUT2D eigenvalue weighted by Gasteiger charge is -2.29. The Hall–Kier alpha value is -0.860. The quantitative estimate of drug-likeness (QED) is 0.863. The highest BCUT2D eigenvalue weighted by atomic mass is 16.3. The minimum atomic E-state index is 0.273. The molecule has 1 atom stereocenters. The van der Waals surface area contributed by atoms with Crippen LogP contribution in [0.15, 0.2) is 30.3 Å². The predicted molar refractivity (Wildman–Crippen MR) is 71.1 cm³/mol. The molecule has 1 heterocycles. The maximum atomic E-state index is 9.59. The second-order valence-corrected chi connectivity index (χ2v) is 4.98. The third-order valence-electron chi connectivity index (χ3n) is 3.68. The summed E-state index contributed by atoms with van der Waals surface area (Å²) in [6.45, 7) is 2.57. The Bertz CT molecular complexity index is 304. The largest absolute Gasteiger partial charge is 0.395 e. The molecule has 94 valence electrons. The van der Waals surface area contributed by atoms with Crippen LogP contribution in [0, 0.1) is 0 Å². The number of rotatable bonds is 4. The Morgan fingerprint density at radius 1 is 1.00 bits per heavy atom. The fraction of sp³-hybridized carbons (Fsp3) is 0.600. The van der Waals surface area contributed by atoms with Crippen molar-refractivity contribution in [3.05, 3.63) is 35.9 Å². The summed E-state index contributed by atoms with van der Waals surface area (Å²) < 4.78 is 0. The van der Waals surface area contributed by atoms with Crippen LogP contribution in [0.2, 0.25) is 0 Å². The number of nitrogens with zero attached hydrogens (tertiary/aromatic N) is 1. The Balaban J connectivity index is 1.95. The van der Waals surface area contributed by atoms with Gasteiger partial charge in [0.05, 0.1) is 6.61 Å². The van der Waals surface area contributed by atoms with Crippen molar-refractivity contribution in [3.8, 4) is 0 Å². The van der Waals surface area contributed by atoms with Crippen LogP contribution in [0.1, 0.15) is 31.2 Å². The van der Waals surface area contributed by atoms with Gasteiger partial charge in [-0.3, -0.25) is 4.90 Å². The van der Waals surface area contributed by atoms with E-state index in [-0.39, 0.29) is 6.61 Å². The molecule has 2 nitrogen and oxygen atoms in total. The van der Waals surface area contributed by atoms with E-state index in [0.717, 1.165) is 19.5 Å². The standard InChI is InChI=1S/C15H23NO/c17-13-15(12-14-8-4-3-5-9-14)16-10-6-1-2-7-11-16/h3-5,8-9,15,17H,1-2,6-7,10-13H2. The molecule has 1 saturated heterocycles. The van der Waals surface area contributed by atoms with Crippen molar-refractivity contribution < 1.29 is 5.11 Å². The van der Waals surface area contributed by atoms with Gasteiger partial charge in [0.25, 0.3) is 0 Å². The molecule has 2 heteroatoms. The molecule has 1 aromatic carbocycles. The van der Waals surface area contributed by atoms with E-state index >= 15 is 0 Å². The van der Waals surface area contributed by atoms with Crippen LogP contribution in [-0.4, -0.2) is 35.7 Å². The van der Waals surface area contributed by atoms with Gasteiger partial charge in [0.2, 0.25) is 0 Å². The molecule has 0 aliphatic carbocycles. The van der Waals surface area contributed by atoms with Gasteiger partial charge in [0.1, 0.15) is 0 Å². The zero-order chi connectivity index (χ0) is 11.9. The molecule has 0 radical (unpaired) electrons. The fourth-order valence-corrected chi connectivity index (χ4v) is 2.66. The van der Waals surface area contributed by atoms with Crippen molar-refractivity contribution in [2.24, 2.45) is 0 Å². The molecule has 0 amide bonds. The highest BCUT2D eigenvalue weighted by Gasteiger charge is 2.19. The van der Waals surface area contributed by atoms with Crippen LogP contribution < -0.4 is 0 Å². The normalized spacial score (nSPS) is 19.8. The highest BCUT2D eigenvalue weighted by Crippen LogP contribution is 2.15. The molecule has 0 bridgehead atoms. The molecular weight excluding hydrogens is 210 g/mol. The average molecular weight is 233 g/mol. The molecule has 1 unspecified atom stereocenters. The molecule has 2 rings (SSSR count). The van der Waals surface area contributed by atoms with E-state index in [9.17, 15) is 5.11 Å². The Morgan fingerprint density at radius 3 is 2.24 bits per heavy atom. The minimum absolute atomic E-state index is 0.273. The first-order valence-corrected chi connectivity index (χ1v) is 6.79. The van der Waals surface area contributed by atoms with E-state index in [0.29, 0.717) is 6.04 Å². The zero-order valence-electron chi connectivity index (χ0n) is 10.5. The van der Waals surface area contributed by atoms with Gasteiger partial charge in [-0.2, -0.15) is 0 Å². The van der Waals surface area contributed by atoms with Crippen LogP contribution in [0.4, 0.5) is 0 Å². The van der Waals surface area contributed by atoms with E-state index in [1.165, 1.54) is 31.2 Å². The average Bonchev–Trinajstić information content (AvgIpc) is 2.66. The maximum absolute atomic E-state index is 9.59. The van der Waals surface area contributed by atoms with Gasteiger partial charge in [0.15, 0.2) is 0 Å². The van der Waals surface area contributed by atoms with Crippen LogP contribution >= 0.6 is 0 Å². The van der Waals surface area contributed by atoms with Crippen LogP contribution in [0.5, 0.6) is 0 Å². The van der Waals surface area contributed by atoms with Crippen LogP contribution in [0.3, 0.4) is 0 Å². The van der Waals surface area contributed by atoms with Gasteiger partial charge in [-0.1, -0.05) is 43.2 Å². The summed E-state index contributed by atoms with van der Waals surface area (Å²) in [7, 11) is 0. The Morgan fingerprint density at radius 2 is 1.65 bits per heavy atom. The summed E-state index contributed by atoms with van der Waals surface area (Å²) in [5.74, 6) is 0. The molecule has 1 aromatic rings. The van der Waals surface area contributed by atoms with Gasteiger partial charge >= 0.3 is 0 Å². The van der Waals surface area contributed by atoms with E-state index in [4.69, 9.17) is 0 Å². The Labute approximate surface area is 104 Å². The minimum Gasteiger partial charge on any atom is -0.395 e. The van der Waals surface area contributed by atoms with Crippen molar-refractivity contribution >= 4 is 0 Å². The van der Waals surface area contributed by atoms with E-state index in [2.05, 4.69) is 29.2 Å². The lowest BCUT2D eigenvalue weighted by Crippen LogP contribution is -2.40. The summed E-state index contributed by atoms with van der Waals surface area (Å²) >= 11 is 0. The number of benzene rings is 1. The molecule has 1 N–H and O–H groups in total. The fourth-order valence-electron chi connectivity index (χ4n) is 2.66. The number of hydrogen-bond acceptors (Lipinski definition) is 2. The van der Waals surface area contributed by atoms with Gasteiger partial charge in [0, 0.05) is 6.04 Å². The lowest BCUT2D eigenvalue weighted by atomic mass is 10.0. The number of hydrogen-bond donors (Lipinski definition) is 1. The molecule has 1 fully saturated rings. The SMILES string of the molecule is OCC(Cc1ccccc1)N1CCCCCC1. The van der Waals surface area contributed by atoms with Gasteiger partial charge in [-0.25, -0.2) is 0 Å².